The average molecular weight is 183 g/mol. The van der Waals surface area contributed by atoms with E-state index in [1.54, 1.807) is 0 Å². The summed E-state index contributed by atoms with van der Waals surface area (Å²) in [5.74, 6) is 0.957. The number of hydrogen-bond donors (Lipinski definition) is 1. The summed E-state index contributed by atoms with van der Waals surface area (Å²) in [5, 5.41) is 3.40. The van der Waals surface area contributed by atoms with Crippen LogP contribution in [0.25, 0.3) is 0 Å². The highest BCUT2D eigenvalue weighted by Gasteiger charge is 2.20. The molecular weight excluding hydrogens is 162 g/mol. The lowest BCUT2D eigenvalue weighted by Gasteiger charge is -2.29. The fourth-order valence-corrected chi connectivity index (χ4v) is 2.57. The molecule has 1 heterocycles. The van der Waals surface area contributed by atoms with E-state index in [1.165, 1.54) is 38.5 Å². The second-order valence-corrected chi connectivity index (χ2v) is 4.44. The topological polar surface area (TPSA) is 21.3 Å². The van der Waals surface area contributed by atoms with E-state index in [1.807, 2.05) is 0 Å². The molecule has 76 valence electrons. The Morgan fingerprint density at radius 2 is 2.00 bits per heavy atom. The lowest BCUT2D eigenvalue weighted by Crippen LogP contribution is -2.39. The summed E-state index contributed by atoms with van der Waals surface area (Å²) in [6.07, 6.45) is 9.06. The van der Waals surface area contributed by atoms with Crippen LogP contribution >= 0.6 is 0 Å². The average Bonchev–Trinajstić information content (AvgIpc) is 2.21. The molecule has 2 fully saturated rings. The molecule has 2 nitrogen and oxygen atoms in total. The maximum Gasteiger partial charge on any atom is 0.0702 e. The quantitative estimate of drug-likeness (QED) is 0.706. The molecule has 0 amide bonds. The SMILES string of the molecule is C1CCC(C[C@H]2CNCCO2)CC1. The van der Waals surface area contributed by atoms with Crippen molar-refractivity contribution in [3.8, 4) is 0 Å². The number of nitrogens with one attached hydrogen (secondary N) is 1. The maximum absolute atomic E-state index is 5.72. The molecule has 0 aromatic rings. The predicted molar refractivity (Wildman–Crippen MR) is 53.8 cm³/mol. The van der Waals surface area contributed by atoms with Gasteiger partial charge in [0.2, 0.25) is 0 Å². The van der Waals surface area contributed by atoms with Gasteiger partial charge >= 0.3 is 0 Å². The van der Waals surface area contributed by atoms with E-state index in [0.717, 1.165) is 25.6 Å². The molecule has 0 unspecified atom stereocenters. The lowest BCUT2D eigenvalue weighted by molar-refractivity contribution is 0.0100. The van der Waals surface area contributed by atoms with E-state index in [2.05, 4.69) is 5.32 Å². The van der Waals surface area contributed by atoms with Gasteiger partial charge in [-0.25, -0.2) is 0 Å². The molecule has 0 bridgehead atoms. The van der Waals surface area contributed by atoms with Gasteiger partial charge < -0.3 is 10.1 Å². The van der Waals surface area contributed by atoms with Crippen LogP contribution in [-0.2, 0) is 4.74 Å². The second-order valence-electron chi connectivity index (χ2n) is 4.44. The van der Waals surface area contributed by atoms with E-state index >= 15 is 0 Å². The number of hydrogen-bond acceptors (Lipinski definition) is 2. The molecule has 1 saturated carbocycles. The van der Waals surface area contributed by atoms with Crippen molar-refractivity contribution < 1.29 is 4.74 Å². The van der Waals surface area contributed by atoms with Crippen LogP contribution in [0.1, 0.15) is 38.5 Å². The molecule has 1 atom stereocenters. The Bertz CT molecular complexity index is 121. The molecule has 2 rings (SSSR count). The largest absolute Gasteiger partial charge is 0.376 e. The van der Waals surface area contributed by atoms with Crippen molar-refractivity contribution in [2.75, 3.05) is 19.7 Å². The smallest absolute Gasteiger partial charge is 0.0702 e. The highest BCUT2D eigenvalue weighted by Crippen LogP contribution is 2.28. The Hall–Kier alpha value is -0.0800. The molecule has 0 radical (unpaired) electrons. The molecule has 1 aliphatic heterocycles. The van der Waals surface area contributed by atoms with E-state index in [0.29, 0.717) is 6.10 Å². The van der Waals surface area contributed by atoms with E-state index < -0.39 is 0 Å². The summed E-state index contributed by atoms with van der Waals surface area (Å²) in [7, 11) is 0. The Kier molecular flexibility index (Phi) is 3.62. The van der Waals surface area contributed by atoms with Crippen molar-refractivity contribution in [2.24, 2.45) is 5.92 Å². The fraction of sp³-hybridized carbons (Fsp3) is 1.00. The molecule has 1 aliphatic carbocycles. The summed E-state index contributed by atoms with van der Waals surface area (Å²) in [4.78, 5) is 0. The zero-order valence-electron chi connectivity index (χ0n) is 8.43. The van der Waals surface area contributed by atoms with Gasteiger partial charge in [-0.2, -0.15) is 0 Å². The van der Waals surface area contributed by atoms with Gasteiger partial charge in [-0.05, 0) is 12.3 Å². The zero-order chi connectivity index (χ0) is 8.93. The van der Waals surface area contributed by atoms with Crippen LogP contribution in [0.2, 0.25) is 0 Å². The number of ether oxygens (including phenoxy) is 1. The summed E-state index contributed by atoms with van der Waals surface area (Å²) in [5.41, 5.74) is 0. The molecule has 0 aromatic carbocycles. The van der Waals surface area contributed by atoms with Gasteiger partial charge in [0.25, 0.3) is 0 Å². The van der Waals surface area contributed by atoms with Crippen molar-refractivity contribution in [1.29, 1.82) is 0 Å². The molecule has 1 N–H and O–H groups in total. The third kappa shape index (κ3) is 2.96. The van der Waals surface area contributed by atoms with Gasteiger partial charge in [-0.3, -0.25) is 0 Å². The predicted octanol–water partition coefficient (Wildman–Crippen LogP) is 1.95. The van der Waals surface area contributed by atoms with Gasteiger partial charge in [0, 0.05) is 13.1 Å². The summed E-state index contributed by atoms with van der Waals surface area (Å²) in [6, 6.07) is 0. The van der Waals surface area contributed by atoms with Crippen molar-refractivity contribution in [1.82, 2.24) is 5.32 Å². The van der Waals surface area contributed by atoms with Gasteiger partial charge in [-0.15, -0.1) is 0 Å². The maximum atomic E-state index is 5.72. The van der Waals surface area contributed by atoms with Crippen LogP contribution in [0.5, 0.6) is 0 Å². The van der Waals surface area contributed by atoms with Crippen LogP contribution in [0.4, 0.5) is 0 Å². The molecule has 1 saturated heterocycles. The number of rotatable bonds is 2. The third-order valence-corrected chi connectivity index (χ3v) is 3.33. The highest BCUT2D eigenvalue weighted by molar-refractivity contribution is 4.74. The monoisotopic (exact) mass is 183 g/mol. The summed E-state index contributed by atoms with van der Waals surface area (Å²) < 4.78 is 5.72. The Morgan fingerprint density at radius 3 is 2.69 bits per heavy atom. The Balaban J connectivity index is 1.69. The first-order valence-corrected chi connectivity index (χ1v) is 5.77. The third-order valence-electron chi connectivity index (χ3n) is 3.33. The normalized spacial score (nSPS) is 31.8. The molecule has 2 aliphatic rings. The van der Waals surface area contributed by atoms with E-state index in [9.17, 15) is 0 Å². The fourth-order valence-electron chi connectivity index (χ4n) is 2.57. The van der Waals surface area contributed by atoms with Crippen molar-refractivity contribution in [2.45, 2.75) is 44.6 Å². The van der Waals surface area contributed by atoms with Crippen LogP contribution in [0, 0.1) is 5.92 Å². The van der Waals surface area contributed by atoms with E-state index in [4.69, 9.17) is 4.74 Å². The standard InChI is InChI=1S/C11H21NO/c1-2-4-10(5-3-1)8-11-9-12-6-7-13-11/h10-12H,1-9H2/t11-/m0/s1. The minimum Gasteiger partial charge on any atom is -0.376 e. The van der Waals surface area contributed by atoms with Crippen LogP contribution < -0.4 is 5.32 Å². The second kappa shape index (κ2) is 4.97. The number of morpholine rings is 1. The van der Waals surface area contributed by atoms with Gasteiger partial charge in [0.1, 0.15) is 0 Å². The van der Waals surface area contributed by atoms with Crippen LogP contribution in [0.3, 0.4) is 0 Å². The van der Waals surface area contributed by atoms with E-state index in [-0.39, 0.29) is 0 Å². The molecular formula is C11H21NO. The zero-order valence-corrected chi connectivity index (χ0v) is 8.43. The summed E-state index contributed by atoms with van der Waals surface area (Å²) >= 11 is 0. The van der Waals surface area contributed by atoms with Gasteiger partial charge in [0.15, 0.2) is 0 Å². The van der Waals surface area contributed by atoms with Gasteiger partial charge in [0.05, 0.1) is 12.7 Å². The Morgan fingerprint density at radius 1 is 1.15 bits per heavy atom. The van der Waals surface area contributed by atoms with Crippen LogP contribution in [-0.4, -0.2) is 25.8 Å². The highest BCUT2D eigenvalue weighted by atomic mass is 16.5. The van der Waals surface area contributed by atoms with Gasteiger partial charge in [-0.1, -0.05) is 32.1 Å². The summed E-state index contributed by atoms with van der Waals surface area (Å²) in [6.45, 7) is 3.04. The lowest BCUT2D eigenvalue weighted by atomic mass is 9.85. The van der Waals surface area contributed by atoms with Crippen molar-refractivity contribution >= 4 is 0 Å². The first kappa shape index (κ1) is 9.47. The Labute approximate surface area is 81.0 Å². The molecule has 2 heteroatoms. The molecule has 13 heavy (non-hydrogen) atoms. The molecule has 0 aromatic heterocycles. The molecule has 0 spiro atoms. The first-order chi connectivity index (χ1) is 6.45. The minimum absolute atomic E-state index is 0.511. The minimum atomic E-state index is 0.511. The van der Waals surface area contributed by atoms with Crippen molar-refractivity contribution in [3.63, 3.8) is 0 Å². The first-order valence-electron chi connectivity index (χ1n) is 5.77. The van der Waals surface area contributed by atoms with Crippen molar-refractivity contribution in [3.05, 3.63) is 0 Å². The van der Waals surface area contributed by atoms with Crippen LogP contribution in [0.15, 0.2) is 0 Å².